The molecule has 0 aromatic heterocycles. The fraction of sp³-hybridized carbons (Fsp3) is 0.529. The molecule has 1 aliphatic heterocycles. The summed E-state index contributed by atoms with van der Waals surface area (Å²) in [6, 6.07) is 2.06. The van der Waals surface area contributed by atoms with Crippen LogP contribution >= 0.6 is 11.6 Å². The number of carbonyl (C=O) groups is 2. The molecule has 1 saturated heterocycles. The molecule has 0 unspecified atom stereocenters. The first-order valence-electron chi connectivity index (χ1n) is 8.07. The van der Waals surface area contributed by atoms with Crippen molar-refractivity contribution >= 4 is 23.4 Å². The van der Waals surface area contributed by atoms with E-state index in [2.05, 4.69) is 5.32 Å². The van der Waals surface area contributed by atoms with Crippen molar-refractivity contribution in [2.75, 3.05) is 19.0 Å². The van der Waals surface area contributed by atoms with Gasteiger partial charge in [0.25, 0.3) is 5.91 Å². The number of hydrogen-bond donors (Lipinski definition) is 4. The molecule has 1 aromatic rings. The molecule has 0 bridgehead atoms. The van der Waals surface area contributed by atoms with Crippen molar-refractivity contribution < 1.29 is 24.9 Å². The van der Waals surface area contributed by atoms with Crippen molar-refractivity contribution in [3.8, 4) is 17.2 Å². The molecule has 1 fully saturated rings. The van der Waals surface area contributed by atoms with Crippen molar-refractivity contribution in [3.63, 3.8) is 0 Å². The fourth-order valence-corrected chi connectivity index (χ4v) is 2.83. The Kier molecular flexibility index (Phi) is 5.67. The third-order valence-electron chi connectivity index (χ3n) is 4.36. The second-order valence-corrected chi connectivity index (χ2v) is 7.19. The predicted molar refractivity (Wildman–Crippen MR) is 93.0 cm³/mol. The Labute approximate surface area is 151 Å². The minimum absolute atomic E-state index is 0.000607. The predicted octanol–water partition coefficient (Wildman–Crippen LogP) is 1.79. The molecule has 7 nitrogen and oxygen atoms in total. The lowest BCUT2D eigenvalue weighted by Gasteiger charge is -2.36. The Morgan fingerprint density at radius 2 is 1.72 bits per heavy atom. The summed E-state index contributed by atoms with van der Waals surface area (Å²) in [6.45, 7) is 4.66. The minimum Gasteiger partial charge on any atom is -0.504 e. The number of nitrogens with zero attached hydrogens (tertiary/aromatic N) is 1. The van der Waals surface area contributed by atoms with Crippen LogP contribution in [0.2, 0.25) is 0 Å². The molecule has 1 heterocycles. The van der Waals surface area contributed by atoms with Gasteiger partial charge in [0.15, 0.2) is 17.2 Å². The number of phenolic OH excluding ortho intramolecular Hbond substituents is 3. The molecule has 25 heavy (non-hydrogen) atoms. The highest BCUT2D eigenvalue weighted by molar-refractivity contribution is 6.19. The lowest BCUT2D eigenvalue weighted by Crippen LogP contribution is -2.50. The summed E-state index contributed by atoms with van der Waals surface area (Å²) in [4.78, 5) is 26.4. The van der Waals surface area contributed by atoms with E-state index in [0.717, 1.165) is 12.1 Å². The number of rotatable bonds is 4. The number of benzene rings is 1. The summed E-state index contributed by atoms with van der Waals surface area (Å²) in [6.07, 6.45) is 1.21. The van der Waals surface area contributed by atoms with Crippen LogP contribution in [0.5, 0.6) is 17.2 Å². The Morgan fingerprint density at radius 3 is 2.20 bits per heavy atom. The molecule has 0 aliphatic carbocycles. The molecule has 0 atom stereocenters. The summed E-state index contributed by atoms with van der Waals surface area (Å²) in [5.41, 5.74) is -0.562. The molecule has 138 valence electrons. The van der Waals surface area contributed by atoms with Crippen molar-refractivity contribution in [1.29, 1.82) is 0 Å². The average molecular weight is 371 g/mol. The highest BCUT2D eigenvalue weighted by atomic mass is 35.5. The van der Waals surface area contributed by atoms with Gasteiger partial charge in [-0.3, -0.25) is 9.59 Å². The average Bonchev–Trinajstić information content (AvgIpc) is 2.59. The highest BCUT2D eigenvalue weighted by Crippen LogP contribution is 2.35. The number of aromatic hydroxyl groups is 3. The van der Waals surface area contributed by atoms with Gasteiger partial charge in [-0.1, -0.05) is 0 Å². The fourth-order valence-electron chi connectivity index (χ4n) is 2.72. The van der Waals surface area contributed by atoms with Crippen LogP contribution in [0.25, 0.3) is 0 Å². The number of carbonyl (C=O) groups excluding carboxylic acids is 2. The van der Waals surface area contributed by atoms with Crippen LogP contribution in [0.4, 0.5) is 0 Å². The summed E-state index contributed by atoms with van der Waals surface area (Å²) in [5.74, 6) is -2.00. The van der Waals surface area contributed by atoms with Gasteiger partial charge in [0.1, 0.15) is 0 Å². The molecule has 2 amide bonds. The Morgan fingerprint density at radius 1 is 1.20 bits per heavy atom. The lowest BCUT2D eigenvalue weighted by molar-refractivity contribution is -0.140. The number of alkyl halides is 1. The molecular weight excluding hydrogens is 348 g/mol. The first kappa shape index (κ1) is 19.2. The Hall–Kier alpha value is -2.15. The van der Waals surface area contributed by atoms with E-state index in [-0.39, 0.29) is 23.4 Å². The Bertz CT molecular complexity index is 646. The Balaban J connectivity index is 1.94. The number of likely N-dealkylation sites (tertiary alicyclic amines) is 1. The van der Waals surface area contributed by atoms with Gasteiger partial charge in [-0.05, 0) is 38.8 Å². The monoisotopic (exact) mass is 370 g/mol. The first-order chi connectivity index (χ1) is 11.7. The van der Waals surface area contributed by atoms with E-state index < -0.39 is 28.6 Å². The first-order valence-corrected chi connectivity index (χ1v) is 8.60. The number of amides is 2. The summed E-state index contributed by atoms with van der Waals surface area (Å²) in [7, 11) is 0. The SMILES string of the molecule is CC(C)(CCl)C(=O)N1CCC(NC(=O)c2cc(O)c(O)c(O)c2)CC1. The van der Waals surface area contributed by atoms with Crippen LogP contribution in [-0.2, 0) is 4.79 Å². The van der Waals surface area contributed by atoms with Crippen LogP contribution in [-0.4, -0.2) is 57.0 Å². The highest BCUT2D eigenvalue weighted by Gasteiger charge is 2.33. The van der Waals surface area contributed by atoms with Gasteiger partial charge in [-0.2, -0.15) is 0 Å². The van der Waals surface area contributed by atoms with Gasteiger partial charge in [-0.25, -0.2) is 0 Å². The van der Waals surface area contributed by atoms with Gasteiger partial charge in [0.2, 0.25) is 5.91 Å². The van der Waals surface area contributed by atoms with Crippen LogP contribution in [0.3, 0.4) is 0 Å². The van der Waals surface area contributed by atoms with Crippen LogP contribution in [0.15, 0.2) is 12.1 Å². The maximum absolute atomic E-state index is 12.4. The van der Waals surface area contributed by atoms with Crippen molar-refractivity contribution in [2.24, 2.45) is 5.41 Å². The van der Waals surface area contributed by atoms with E-state index in [1.807, 2.05) is 0 Å². The smallest absolute Gasteiger partial charge is 0.251 e. The van der Waals surface area contributed by atoms with E-state index in [1.54, 1.807) is 18.7 Å². The molecule has 2 rings (SSSR count). The van der Waals surface area contributed by atoms with Gasteiger partial charge < -0.3 is 25.5 Å². The molecule has 4 N–H and O–H groups in total. The third kappa shape index (κ3) is 4.28. The second-order valence-electron chi connectivity index (χ2n) is 6.92. The molecule has 1 aromatic carbocycles. The van der Waals surface area contributed by atoms with E-state index in [4.69, 9.17) is 11.6 Å². The van der Waals surface area contributed by atoms with Crippen LogP contribution in [0, 0.1) is 5.41 Å². The standard InChI is InChI=1S/C17H23ClN2O5/c1-17(2,9-18)16(25)20-5-3-11(4-6-20)19-15(24)10-7-12(21)14(23)13(22)8-10/h7-8,11,21-23H,3-6,9H2,1-2H3,(H,19,24). The summed E-state index contributed by atoms with van der Waals surface area (Å²) < 4.78 is 0. The molecule has 0 spiro atoms. The normalized spacial score (nSPS) is 15.9. The number of halogens is 1. The maximum atomic E-state index is 12.4. The van der Waals surface area contributed by atoms with Crippen molar-refractivity contribution in [3.05, 3.63) is 17.7 Å². The maximum Gasteiger partial charge on any atom is 0.251 e. The van der Waals surface area contributed by atoms with Crippen LogP contribution < -0.4 is 5.32 Å². The number of nitrogens with one attached hydrogen (secondary N) is 1. The van der Waals surface area contributed by atoms with Gasteiger partial charge in [0, 0.05) is 30.6 Å². The van der Waals surface area contributed by atoms with Gasteiger partial charge >= 0.3 is 0 Å². The topological polar surface area (TPSA) is 110 Å². The molecule has 0 saturated carbocycles. The van der Waals surface area contributed by atoms with Crippen molar-refractivity contribution in [1.82, 2.24) is 10.2 Å². The zero-order valence-corrected chi connectivity index (χ0v) is 15.0. The molecule has 1 aliphatic rings. The van der Waals surface area contributed by atoms with Crippen molar-refractivity contribution in [2.45, 2.75) is 32.7 Å². The molecule has 0 radical (unpaired) electrons. The summed E-state index contributed by atoms with van der Waals surface area (Å²) >= 11 is 5.85. The number of phenols is 3. The van der Waals surface area contributed by atoms with E-state index in [1.165, 1.54) is 0 Å². The lowest BCUT2D eigenvalue weighted by atomic mass is 9.92. The quantitative estimate of drug-likeness (QED) is 0.477. The number of hydrogen-bond acceptors (Lipinski definition) is 5. The zero-order valence-electron chi connectivity index (χ0n) is 14.3. The minimum atomic E-state index is -0.662. The molecular formula is C17H23ClN2O5. The van der Waals surface area contributed by atoms with E-state index >= 15 is 0 Å². The largest absolute Gasteiger partial charge is 0.504 e. The van der Waals surface area contributed by atoms with Crippen LogP contribution in [0.1, 0.15) is 37.0 Å². The zero-order chi connectivity index (χ0) is 18.8. The number of piperidine rings is 1. The summed E-state index contributed by atoms with van der Waals surface area (Å²) in [5, 5.41) is 31.1. The van der Waals surface area contributed by atoms with Gasteiger partial charge in [0.05, 0.1) is 5.41 Å². The second kappa shape index (κ2) is 7.39. The third-order valence-corrected chi connectivity index (χ3v) is 5.03. The van der Waals surface area contributed by atoms with Gasteiger partial charge in [-0.15, -0.1) is 11.6 Å². The van der Waals surface area contributed by atoms with E-state index in [0.29, 0.717) is 25.9 Å². The molecule has 8 heteroatoms. The van der Waals surface area contributed by atoms with E-state index in [9.17, 15) is 24.9 Å².